The number of hydrogen-bond acceptors (Lipinski definition) is 3. The van der Waals surface area contributed by atoms with E-state index in [1.807, 2.05) is 40.1 Å². The van der Waals surface area contributed by atoms with Gasteiger partial charge in [-0.05, 0) is 49.6 Å². The van der Waals surface area contributed by atoms with E-state index in [4.69, 9.17) is 0 Å². The van der Waals surface area contributed by atoms with Crippen molar-refractivity contribution in [3.63, 3.8) is 0 Å². The van der Waals surface area contributed by atoms with Crippen LogP contribution >= 0.6 is 12.4 Å². The molecule has 0 spiro atoms. The van der Waals surface area contributed by atoms with E-state index in [0.717, 1.165) is 54.9 Å². The molecule has 2 aromatic rings. The lowest BCUT2D eigenvalue weighted by Gasteiger charge is -2.34. The molecule has 2 aliphatic heterocycles. The Morgan fingerprint density at radius 1 is 1.00 bits per heavy atom. The molecule has 2 heterocycles. The number of rotatable bonds is 5. The van der Waals surface area contributed by atoms with E-state index in [9.17, 15) is 9.59 Å². The molecule has 3 aliphatic rings. The average Bonchev–Trinajstić information content (AvgIpc) is 3.52. The summed E-state index contributed by atoms with van der Waals surface area (Å²) < 4.78 is 0. The summed E-state index contributed by atoms with van der Waals surface area (Å²) in [6.07, 6.45) is 5.10. The molecule has 2 aromatic carbocycles. The van der Waals surface area contributed by atoms with Crippen LogP contribution in [0.15, 0.2) is 42.5 Å². The van der Waals surface area contributed by atoms with Gasteiger partial charge in [0.05, 0.1) is 11.6 Å². The van der Waals surface area contributed by atoms with Crippen LogP contribution in [-0.4, -0.2) is 48.9 Å². The fourth-order valence-electron chi connectivity index (χ4n) is 4.77. The summed E-state index contributed by atoms with van der Waals surface area (Å²) in [5.41, 5.74) is 0.923. The average molecular weight is 428 g/mol. The molecule has 2 saturated heterocycles. The highest BCUT2D eigenvalue weighted by molar-refractivity contribution is 6.07. The highest BCUT2D eigenvalue weighted by Crippen LogP contribution is 2.33. The molecule has 5 nitrogen and oxygen atoms in total. The van der Waals surface area contributed by atoms with E-state index in [2.05, 4.69) is 17.4 Å². The number of fused-ring (bicyclic) bond motifs is 1. The second kappa shape index (κ2) is 8.94. The monoisotopic (exact) mass is 427 g/mol. The van der Waals surface area contributed by atoms with Crippen molar-refractivity contribution in [1.82, 2.24) is 10.2 Å². The van der Waals surface area contributed by atoms with Crippen LogP contribution in [0.2, 0.25) is 0 Å². The SMILES string of the molecule is Cl.O=C(C1CC(=O)N(c2cccc3ccccc23)C1)N1CCC(NCC2CC2)CC1. The minimum atomic E-state index is -0.225. The van der Waals surface area contributed by atoms with Gasteiger partial charge in [-0.3, -0.25) is 9.59 Å². The van der Waals surface area contributed by atoms with Crippen molar-refractivity contribution >= 4 is 40.7 Å². The van der Waals surface area contributed by atoms with Crippen LogP contribution < -0.4 is 10.2 Å². The third-order valence-electron chi connectivity index (χ3n) is 6.73. The van der Waals surface area contributed by atoms with Crippen molar-refractivity contribution in [3.8, 4) is 0 Å². The van der Waals surface area contributed by atoms with Crippen molar-refractivity contribution in [3.05, 3.63) is 42.5 Å². The fourth-order valence-corrected chi connectivity index (χ4v) is 4.77. The second-order valence-electron chi connectivity index (χ2n) is 8.85. The standard InChI is InChI=1S/C24H29N3O2.ClH/c28-23-14-19(16-27(23)22-7-3-5-18-4-1-2-6-21(18)22)24(29)26-12-10-20(11-13-26)25-15-17-8-9-17;/h1-7,17,19-20,25H,8-16H2;1H. The number of benzene rings is 2. The molecule has 0 bridgehead atoms. The number of nitrogens with one attached hydrogen (secondary N) is 1. The van der Waals surface area contributed by atoms with Crippen molar-refractivity contribution in [2.24, 2.45) is 11.8 Å². The number of amides is 2. The zero-order chi connectivity index (χ0) is 19.8. The van der Waals surface area contributed by atoms with Crippen LogP contribution in [0.3, 0.4) is 0 Å². The van der Waals surface area contributed by atoms with Crippen LogP contribution in [0.4, 0.5) is 5.69 Å². The Kier molecular flexibility index (Phi) is 6.30. The number of nitrogens with zero attached hydrogens (tertiary/aromatic N) is 2. The van der Waals surface area contributed by atoms with Gasteiger partial charge in [-0.25, -0.2) is 0 Å². The molecule has 2 amide bonds. The minimum absolute atomic E-state index is 0. The Morgan fingerprint density at radius 3 is 2.50 bits per heavy atom. The maximum absolute atomic E-state index is 13.1. The van der Waals surface area contributed by atoms with Crippen molar-refractivity contribution in [1.29, 1.82) is 0 Å². The van der Waals surface area contributed by atoms with E-state index < -0.39 is 0 Å². The lowest BCUT2D eigenvalue weighted by Crippen LogP contribution is -2.47. The molecule has 0 radical (unpaired) electrons. The maximum Gasteiger partial charge on any atom is 0.228 e. The number of carbonyl (C=O) groups excluding carboxylic acids is 2. The zero-order valence-electron chi connectivity index (χ0n) is 17.3. The van der Waals surface area contributed by atoms with Crippen molar-refractivity contribution in [2.45, 2.75) is 38.1 Å². The smallest absolute Gasteiger partial charge is 0.228 e. The van der Waals surface area contributed by atoms with Gasteiger partial charge in [0.25, 0.3) is 0 Å². The molecule has 3 fully saturated rings. The molecule has 1 unspecified atom stereocenters. The Labute approximate surface area is 184 Å². The van der Waals surface area contributed by atoms with Gasteiger partial charge < -0.3 is 15.1 Å². The molecule has 0 aromatic heterocycles. The van der Waals surface area contributed by atoms with E-state index in [1.54, 1.807) is 0 Å². The van der Waals surface area contributed by atoms with Gasteiger partial charge in [0.1, 0.15) is 0 Å². The lowest BCUT2D eigenvalue weighted by atomic mass is 10.0. The quantitative estimate of drug-likeness (QED) is 0.793. The number of halogens is 1. The van der Waals surface area contributed by atoms with Crippen LogP contribution in [-0.2, 0) is 9.59 Å². The Bertz CT molecular complexity index is 916. The summed E-state index contributed by atoms with van der Waals surface area (Å²) >= 11 is 0. The first kappa shape index (κ1) is 21.1. The molecule has 1 aliphatic carbocycles. The van der Waals surface area contributed by atoms with Crippen molar-refractivity contribution in [2.75, 3.05) is 31.1 Å². The maximum atomic E-state index is 13.1. The van der Waals surface area contributed by atoms with Gasteiger partial charge in [0.2, 0.25) is 11.8 Å². The minimum Gasteiger partial charge on any atom is -0.342 e. The highest BCUT2D eigenvalue weighted by Gasteiger charge is 2.38. The first-order valence-electron chi connectivity index (χ1n) is 11.0. The lowest BCUT2D eigenvalue weighted by molar-refractivity contribution is -0.136. The number of piperidine rings is 1. The summed E-state index contributed by atoms with van der Waals surface area (Å²) in [6, 6.07) is 14.7. The van der Waals surface area contributed by atoms with Gasteiger partial charge >= 0.3 is 0 Å². The molecule has 1 saturated carbocycles. The second-order valence-corrected chi connectivity index (χ2v) is 8.85. The first-order chi connectivity index (χ1) is 14.2. The number of anilines is 1. The zero-order valence-corrected chi connectivity index (χ0v) is 18.1. The normalized spacial score (nSPS) is 22.4. The Balaban J connectivity index is 0.00000218. The number of hydrogen-bond donors (Lipinski definition) is 1. The predicted octanol–water partition coefficient (Wildman–Crippen LogP) is 3.61. The molecule has 6 heteroatoms. The van der Waals surface area contributed by atoms with Gasteiger partial charge in [0, 0.05) is 37.5 Å². The summed E-state index contributed by atoms with van der Waals surface area (Å²) in [7, 11) is 0. The Morgan fingerprint density at radius 2 is 1.73 bits per heavy atom. The van der Waals surface area contributed by atoms with Crippen molar-refractivity contribution < 1.29 is 9.59 Å². The highest BCUT2D eigenvalue weighted by atomic mass is 35.5. The molecule has 160 valence electrons. The predicted molar refractivity (Wildman–Crippen MR) is 122 cm³/mol. The van der Waals surface area contributed by atoms with Gasteiger partial charge in [-0.15, -0.1) is 12.4 Å². The van der Waals surface area contributed by atoms with E-state index in [-0.39, 0.29) is 30.1 Å². The number of carbonyl (C=O) groups is 2. The summed E-state index contributed by atoms with van der Waals surface area (Å²) in [4.78, 5) is 29.7. The molecule has 30 heavy (non-hydrogen) atoms. The third kappa shape index (κ3) is 4.33. The van der Waals surface area contributed by atoms with E-state index >= 15 is 0 Å². The molecule has 1 atom stereocenters. The van der Waals surface area contributed by atoms with Gasteiger partial charge in [-0.2, -0.15) is 0 Å². The molecule has 5 rings (SSSR count). The van der Waals surface area contributed by atoms with Crippen LogP contribution in [0.5, 0.6) is 0 Å². The molecular weight excluding hydrogens is 398 g/mol. The first-order valence-corrected chi connectivity index (χ1v) is 11.0. The summed E-state index contributed by atoms with van der Waals surface area (Å²) in [5, 5.41) is 5.85. The third-order valence-corrected chi connectivity index (χ3v) is 6.73. The van der Waals surface area contributed by atoms with Crippen LogP contribution in [0.1, 0.15) is 32.1 Å². The summed E-state index contributed by atoms with van der Waals surface area (Å²) in [6.45, 7) is 3.24. The van der Waals surface area contributed by atoms with Crippen LogP contribution in [0, 0.1) is 11.8 Å². The van der Waals surface area contributed by atoms with Gasteiger partial charge in [-0.1, -0.05) is 36.4 Å². The fraction of sp³-hybridized carbons (Fsp3) is 0.500. The van der Waals surface area contributed by atoms with Crippen LogP contribution in [0.25, 0.3) is 10.8 Å². The Hall–Kier alpha value is -2.11. The number of likely N-dealkylation sites (tertiary alicyclic amines) is 1. The molecule has 1 N–H and O–H groups in total. The largest absolute Gasteiger partial charge is 0.342 e. The molecular formula is C24H30ClN3O2. The summed E-state index contributed by atoms with van der Waals surface area (Å²) in [5.74, 6) is 0.874. The topological polar surface area (TPSA) is 52.7 Å². The van der Waals surface area contributed by atoms with E-state index in [0.29, 0.717) is 19.0 Å². The van der Waals surface area contributed by atoms with E-state index in [1.165, 1.54) is 12.8 Å². The van der Waals surface area contributed by atoms with Gasteiger partial charge in [0.15, 0.2) is 0 Å².